The molecule has 3 N–H and O–H groups in total. The van der Waals surface area contributed by atoms with Gasteiger partial charge in [-0.15, -0.1) is 5.10 Å². The minimum Gasteiger partial charge on any atom is -0.483 e. The maximum Gasteiger partial charge on any atom is 0.411 e. The molecule has 0 radical (unpaired) electrons. The Morgan fingerprint density at radius 1 is 1.16 bits per heavy atom. The molecule has 1 aliphatic heterocycles. The van der Waals surface area contributed by atoms with E-state index < -0.39 is 6.09 Å². The number of pyridine rings is 2. The number of benzene rings is 1. The van der Waals surface area contributed by atoms with E-state index in [1.165, 1.54) is 13.4 Å². The lowest BCUT2D eigenvalue weighted by atomic mass is 10.0. The number of aromatic nitrogens is 8. The second-order valence-electron chi connectivity index (χ2n) is 9.75. The van der Waals surface area contributed by atoms with E-state index in [0.717, 1.165) is 40.9 Å². The summed E-state index contributed by atoms with van der Waals surface area (Å²) in [5.41, 5.74) is 6.25. The number of carbonyl (C=O) groups excluding carboxylic acids is 1. The number of carboxylic acid groups (broad SMARTS) is 1. The lowest BCUT2D eigenvalue weighted by Gasteiger charge is -2.15. The molecule has 0 saturated carbocycles. The van der Waals surface area contributed by atoms with E-state index in [9.17, 15) is 9.59 Å². The number of H-pyrrole nitrogens is 1. The van der Waals surface area contributed by atoms with Crippen molar-refractivity contribution < 1.29 is 24.2 Å². The van der Waals surface area contributed by atoms with Crippen molar-refractivity contribution in [3.05, 3.63) is 88.6 Å². The minimum atomic E-state index is -0.581. The maximum atomic E-state index is 13.5. The van der Waals surface area contributed by atoms with Crippen LogP contribution in [0.1, 0.15) is 29.5 Å². The lowest BCUT2D eigenvalue weighted by Crippen LogP contribution is -2.23. The molecule has 1 amide bonds. The molecule has 44 heavy (non-hydrogen) atoms. The number of aryl methyl sites for hydroxylation is 2. The summed E-state index contributed by atoms with van der Waals surface area (Å²) in [6.07, 6.45) is 5.67. The van der Waals surface area contributed by atoms with Crippen molar-refractivity contribution in [1.82, 2.24) is 39.7 Å². The fourth-order valence-electron chi connectivity index (χ4n) is 5.00. The van der Waals surface area contributed by atoms with Crippen LogP contribution in [0, 0.1) is 6.92 Å². The Morgan fingerprint density at radius 3 is 2.73 bits per heavy atom. The zero-order valence-electron chi connectivity index (χ0n) is 23.9. The van der Waals surface area contributed by atoms with Gasteiger partial charge in [-0.1, -0.05) is 11.6 Å². The van der Waals surface area contributed by atoms with E-state index >= 15 is 0 Å². The molecule has 0 aliphatic carbocycles. The first-order chi connectivity index (χ1) is 21.4. The van der Waals surface area contributed by atoms with E-state index in [0.29, 0.717) is 29.5 Å². The van der Waals surface area contributed by atoms with Crippen molar-refractivity contribution in [3.63, 3.8) is 0 Å². The van der Waals surface area contributed by atoms with Gasteiger partial charge in [-0.25, -0.2) is 9.78 Å². The van der Waals surface area contributed by atoms with Crippen molar-refractivity contribution >= 4 is 18.3 Å². The van der Waals surface area contributed by atoms with Gasteiger partial charge in [0.15, 0.2) is 0 Å². The van der Waals surface area contributed by atoms with E-state index in [1.807, 2.05) is 25.1 Å². The highest BCUT2D eigenvalue weighted by atomic mass is 16.6. The van der Waals surface area contributed by atoms with Gasteiger partial charge in [-0.05, 0) is 66.1 Å². The number of tetrazole rings is 1. The number of nitrogens with zero attached hydrogens (tertiary/aromatic N) is 7. The highest BCUT2D eigenvalue weighted by Gasteiger charge is 2.28. The number of amides is 1. The summed E-state index contributed by atoms with van der Waals surface area (Å²) in [7, 11) is 1.53. The molecular weight excluding hydrogens is 570 g/mol. The molecular formula is C29H29N9O6. The van der Waals surface area contributed by atoms with Gasteiger partial charge in [-0.3, -0.25) is 19.9 Å². The van der Waals surface area contributed by atoms with Crippen LogP contribution in [0.25, 0.3) is 28.2 Å². The highest BCUT2D eigenvalue weighted by Crippen LogP contribution is 2.33. The number of imidazole rings is 1. The van der Waals surface area contributed by atoms with Gasteiger partial charge in [0, 0.05) is 24.4 Å². The Labute approximate surface area is 250 Å². The predicted molar refractivity (Wildman–Crippen MR) is 157 cm³/mol. The molecule has 0 unspecified atom stereocenters. The molecule has 15 heteroatoms. The number of ether oxygens (including phenoxy) is 2. The molecule has 1 aromatic carbocycles. The summed E-state index contributed by atoms with van der Waals surface area (Å²) in [5.74, 6) is 0.684. The van der Waals surface area contributed by atoms with Crippen LogP contribution in [0.15, 0.2) is 66.0 Å². The average Bonchev–Trinajstić information content (AvgIpc) is 3.80. The van der Waals surface area contributed by atoms with Gasteiger partial charge < -0.3 is 24.1 Å². The smallest absolute Gasteiger partial charge is 0.411 e. The van der Waals surface area contributed by atoms with Crippen LogP contribution in [0.3, 0.4) is 0 Å². The third-order valence-electron chi connectivity index (χ3n) is 6.91. The van der Waals surface area contributed by atoms with Crippen LogP contribution in [-0.2, 0) is 20.7 Å². The number of rotatable bonds is 8. The number of anilines is 1. The number of hydrogen-bond acceptors (Lipinski definition) is 10. The summed E-state index contributed by atoms with van der Waals surface area (Å²) in [5, 5.41) is 21.1. The van der Waals surface area contributed by atoms with Crippen LogP contribution in [-0.4, -0.2) is 77.7 Å². The standard InChI is InChI=1S/C28H27N9O4.CH2O2/c1-17-3-7-24(36-16-31-34-35-36)21(11-17)18-12-20-5-8-25(37(20)26(38)13-18)27-30-15-23(33-27)22-6-4-19(14-29-22)32-28(39)41-10-9-40-2;2-1-3/h3-4,6-7,11-16,25H,5,8-10H2,1-2H3,(H,30,33)(H,32,39);1H,(H,2,3)/t25-;/m0./s1. The molecule has 4 aromatic heterocycles. The number of aromatic amines is 1. The SMILES string of the molecule is COCCOC(=O)Nc1ccc(-c2cnc([C@@H]3CCc4cc(-c5cc(C)ccc5-n5cnnn5)cc(=O)n43)[nH]2)nc1.O=CO. The molecule has 1 atom stereocenters. The summed E-state index contributed by atoms with van der Waals surface area (Å²) in [6, 6.07) is 13.0. The molecule has 0 saturated heterocycles. The second-order valence-corrected chi connectivity index (χ2v) is 9.75. The van der Waals surface area contributed by atoms with Crippen LogP contribution in [0.2, 0.25) is 0 Å². The normalized spacial score (nSPS) is 13.5. The summed E-state index contributed by atoms with van der Waals surface area (Å²) in [6.45, 7) is 2.24. The zero-order valence-corrected chi connectivity index (χ0v) is 23.9. The van der Waals surface area contributed by atoms with Crippen LogP contribution in [0.4, 0.5) is 10.5 Å². The highest BCUT2D eigenvalue weighted by molar-refractivity contribution is 5.84. The van der Waals surface area contributed by atoms with Crippen molar-refractivity contribution in [2.45, 2.75) is 25.8 Å². The Kier molecular flexibility index (Phi) is 9.15. The second kappa shape index (κ2) is 13.5. The van der Waals surface area contributed by atoms with Crippen LogP contribution < -0.4 is 10.9 Å². The molecule has 0 bridgehead atoms. The fraction of sp³-hybridized carbons (Fsp3) is 0.241. The molecule has 6 rings (SSSR count). The van der Waals surface area contributed by atoms with Crippen molar-refractivity contribution in [3.8, 4) is 28.2 Å². The van der Waals surface area contributed by atoms with E-state index in [1.54, 1.807) is 39.8 Å². The first-order valence-electron chi connectivity index (χ1n) is 13.5. The maximum absolute atomic E-state index is 13.5. The minimum absolute atomic E-state index is 0.104. The van der Waals surface area contributed by atoms with E-state index in [2.05, 4.69) is 41.9 Å². The largest absolute Gasteiger partial charge is 0.483 e. The number of methoxy groups -OCH3 is 1. The Hall–Kier alpha value is -5.70. The van der Waals surface area contributed by atoms with E-state index in [4.69, 9.17) is 19.4 Å². The predicted octanol–water partition coefficient (Wildman–Crippen LogP) is 3.02. The number of nitrogens with one attached hydrogen (secondary N) is 2. The molecule has 0 spiro atoms. The summed E-state index contributed by atoms with van der Waals surface area (Å²) < 4.78 is 13.3. The van der Waals surface area contributed by atoms with Crippen molar-refractivity contribution in [2.24, 2.45) is 0 Å². The number of fused-ring (bicyclic) bond motifs is 1. The molecule has 5 heterocycles. The van der Waals surface area contributed by atoms with Crippen molar-refractivity contribution in [2.75, 3.05) is 25.6 Å². The Balaban J connectivity index is 0.00000123. The molecule has 1 aliphatic rings. The third kappa shape index (κ3) is 6.52. The molecule has 15 nitrogen and oxygen atoms in total. The topological polar surface area (TPSA) is 192 Å². The number of carbonyl (C=O) groups is 2. The molecule has 5 aromatic rings. The quantitative estimate of drug-likeness (QED) is 0.175. The van der Waals surface area contributed by atoms with Gasteiger partial charge in [0.2, 0.25) is 0 Å². The van der Waals surface area contributed by atoms with Gasteiger partial charge in [0.25, 0.3) is 12.0 Å². The van der Waals surface area contributed by atoms with E-state index in [-0.39, 0.29) is 24.7 Å². The van der Waals surface area contributed by atoms with Gasteiger partial charge in [-0.2, -0.15) is 4.68 Å². The Morgan fingerprint density at radius 2 is 2.00 bits per heavy atom. The first-order valence-corrected chi connectivity index (χ1v) is 13.5. The van der Waals surface area contributed by atoms with Crippen LogP contribution >= 0.6 is 0 Å². The Bertz CT molecular complexity index is 1800. The van der Waals surface area contributed by atoms with Crippen molar-refractivity contribution in [1.29, 1.82) is 0 Å². The van der Waals surface area contributed by atoms with Gasteiger partial charge in [0.1, 0.15) is 18.8 Å². The van der Waals surface area contributed by atoms with Gasteiger partial charge in [0.05, 0.1) is 47.8 Å². The number of hydrogen-bond donors (Lipinski definition) is 3. The fourth-order valence-corrected chi connectivity index (χ4v) is 5.00. The monoisotopic (exact) mass is 599 g/mol. The first kappa shape index (κ1) is 29.8. The summed E-state index contributed by atoms with van der Waals surface area (Å²) >= 11 is 0. The third-order valence-corrected chi connectivity index (χ3v) is 6.91. The average molecular weight is 600 g/mol. The van der Waals surface area contributed by atoms with Crippen LogP contribution in [0.5, 0.6) is 0 Å². The lowest BCUT2D eigenvalue weighted by molar-refractivity contribution is -0.122. The van der Waals surface area contributed by atoms with Gasteiger partial charge >= 0.3 is 6.09 Å². The zero-order chi connectivity index (χ0) is 31.1. The molecule has 0 fully saturated rings. The molecule has 226 valence electrons. The summed E-state index contributed by atoms with van der Waals surface area (Å²) in [4.78, 5) is 46.0.